The standard InChI is InChI=1S/C8H10N2O2S/c1-13-4-5-7(8(9)12)6(11)2-3-10-5/h2-3,7H,4H2,1H3,(H2,9,12). The van der Waals surface area contributed by atoms with Crippen molar-refractivity contribution in [1.29, 1.82) is 0 Å². The highest BCUT2D eigenvalue weighted by molar-refractivity contribution is 7.99. The number of aliphatic imine (C=N–C) groups is 1. The van der Waals surface area contributed by atoms with Crippen LogP contribution >= 0.6 is 11.8 Å². The van der Waals surface area contributed by atoms with Gasteiger partial charge in [-0.15, -0.1) is 0 Å². The molecule has 1 heterocycles. The van der Waals surface area contributed by atoms with Crippen molar-refractivity contribution < 1.29 is 9.59 Å². The zero-order valence-corrected chi connectivity index (χ0v) is 8.00. The molecule has 0 saturated heterocycles. The van der Waals surface area contributed by atoms with Crippen LogP contribution in [0.2, 0.25) is 0 Å². The van der Waals surface area contributed by atoms with Gasteiger partial charge in [0, 0.05) is 23.7 Å². The van der Waals surface area contributed by atoms with Gasteiger partial charge in [-0.25, -0.2) is 0 Å². The Morgan fingerprint density at radius 2 is 2.46 bits per heavy atom. The van der Waals surface area contributed by atoms with Crippen LogP contribution in [0.3, 0.4) is 0 Å². The van der Waals surface area contributed by atoms with Gasteiger partial charge in [0.15, 0.2) is 5.78 Å². The fourth-order valence-electron chi connectivity index (χ4n) is 1.11. The number of allylic oxidation sites excluding steroid dienone is 1. The van der Waals surface area contributed by atoms with Crippen molar-refractivity contribution in [3.8, 4) is 0 Å². The first kappa shape index (κ1) is 9.98. The third-order valence-electron chi connectivity index (χ3n) is 1.67. The molecule has 1 atom stereocenters. The van der Waals surface area contributed by atoms with Crippen LogP contribution in [0.25, 0.3) is 0 Å². The zero-order chi connectivity index (χ0) is 9.84. The Morgan fingerprint density at radius 3 is 3.00 bits per heavy atom. The number of rotatable bonds is 3. The Balaban J connectivity index is 2.88. The summed E-state index contributed by atoms with van der Waals surface area (Å²) >= 11 is 1.51. The van der Waals surface area contributed by atoms with E-state index in [4.69, 9.17) is 5.73 Å². The van der Waals surface area contributed by atoms with Crippen LogP contribution in [0, 0.1) is 5.92 Å². The molecule has 4 nitrogen and oxygen atoms in total. The van der Waals surface area contributed by atoms with Gasteiger partial charge in [0.05, 0.1) is 0 Å². The van der Waals surface area contributed by atoms with Crippen LogP contribution in [-0.4, -0.2) is 29.4 Å². The van der Waals surface area contributed by atoms with E-state index in [1.165, 1.54) is 24.0 Å². The lowest BCUT2D eigenvalue weighted by Gasteiger charge is -2.14. The normalized spacial score (nSPS) is 21.5. The molecule has 1 unspecified atom stereocenters. The average Bonchev–Trinajstić information content (AvgIpc) is 2.04. The molecule has 1 rings (SSSR count). The molecule has 2 N–H and O–H groups in total. The number of nitrogens with two attached hydrogens (primary N) is 1. The van der Waals surface area contributed by atoms with E-state index >= 15 is 0 Å². The van der Waals surface area contributed by atoms with E-state index in [0.29, 0.717) is 11.5 Å². The molecular formula is C8H10N2O2S. The Bertz CT molecular complexity index is 297. The first-order chi connectivity index (χ1) is 6.16. The van der Waals surface area contributed by atoms with Gasteiger partial charge in [-0.2, -0.15) is 11.8 Å². The van der Waals surface area contributed by atoms with Crippen molar-refractivity contribution in [2.45, 2.75) is 0 Å². The van der Waals surface area contributed by atoms with Crippen LogP contribution in [0.1, 0.15) is 0 Å². The topological polar surface area (TPSA) is 72.5 Å². The SMILES string of the molecule is CSCC1=NC=CC(=O)C1C(N)=O. The molecule has 0 spiro atoms. The lowest BCUT2D eigenvalue weighted by atomic mass is 9.96. The van der Waals surface area contributed by atoms with Crippen molar-refractivity contribution in [2.75, 3.05) is 12.0 Å². The maximum atomic E-state index is 11.2. The number of ketones is 1. The fraction of sp³-hybridized carbons (Fsp3) is 0.375. The summed E-state index contributed by atoms with van der Waals surface area (Å²) < 4.78 is 0. The van der Waals surface area contributed by atoms with E-state index in [2.05, 4.69) is 4.99 Å². The van der Waals surface area contributed by atoms with Gasteiger partial charge in [-0.1, -0.05) is 0 Å². The average molecular weight is 198 g/mol. The minimum atomic E-state index is -0.850. The van der Waals surface area contributed by atoms with E-state index in [-0.39, 0.29) is 5.78 Å². The summed E-state index contributed by atoms with van der Waals surface area (Å²) in [5, 5.41) is 0. The molecule has 1 amide bonds. The van der Waals surface area contributed by atoms with Crippen molar-refractivity contribution in [3.05, 3.63) is 12.3 Å². The number of carbonyl (C=O) groups excluding carboxylic acids is 2. The molecule has 0 aliphatic carbocycles. The minimum Gasteiger partial charge on any atom is -0.369 e. The monoisotopic (exact) mass is 198 g/mol. The largest absolute Gasteiger partial charge is 0.369 e. The summed E-state index contributed by atoms with van der Waals surface area (Å²) in [6.07, 6.45) is 4.57. The van der Waals surface area contributed by atoms with Crippen molar-refractivity contribution in [1.82, 2.24) is 0 Å². The van der Waals surface area contributed by atoms with Crippen LogP contribution in [0.15, 0.2) is 17.3 Å². The van der Waals surface area contributed by atoms with Gasteiger partial charge in [0.1, 0.15) is 5.92 Å². The summed E-state index contributed by atoms with van der Waals surface area (Å²) in [5.41, 5.74) is 5.64. The summed E-state index contributed by atoms with van der Waals surface area (Å²) in [6.45, 7) is 0. The Labute approximate surface area is 80.3 Å². The Morgan fingerprint density at radius 1 is 1.77 bits per heavy atom. The van der Waals surface area contributed by atoms with Gasteiger partial charge >= 0.3 is 0 Å². The zero-order valence-electron chi connectivity index (χ0n) is 7.19. The molecule has 0 aromatic carbocycles. The van der Waals surface area contributed by atoms with Crippen molar-refractivity contribution >= 4 is 29.2 Å². The highest BCUT2D eigenvalue weighted by atomic mass is 32.2. The lowest BCUT2D eigenvalue weighted by Crippen LogP contribution is -2.38. The summed E-state index contributed by atoms with van der Waals surface area (Å²) in [7, 11) is 0. The second-order valence-electron chi connectivity index (χ2n) is 2.61. The van der Waals surface area contributed by atoms with E-state index < -0.39 is 11.8 Å². The molecule has 0 aromatic rings. The molecule has 0 saturated carbocycles. The predicted molar refractivity (Wildman–Crippen MR) is 52.6 cm³/mol. The fourth-order valence-corrected chi connectivity index (χ4v) is 1.65. The lowest BCUT2D eigenvalue weighted by molar-refractivity contribution is -0.126. The molecular weight excluding hydrogens is 188 g/mol. The van der Waals surface area contributed by atoms with Gasteiger partial charge in [-0.05, 0) is 6.26 Å². The molecule has 70 valence electrons. The highest BCUT2D eigenvalue weighted by Gasteiger charge is 2.29. The summed E-state index contributed by atoms with van der Waals surface area (Å²) in [6, 6.07) is 0. The number of hydrogen-bond acceptors (Lipinski definition) is 4. The molecule has 0 bridgehead atoms. The van der Waals surface area contributed by atoms with Gasteiger partial charge in [-0.3, -0.25) is 14.6 Å². The van der Waals surface area contributed by atoms with Crippen LogP contribution in [-0.2, 0) is 9.59 Å². The number of thioether (sulfide) groups is 1. The van der Waals surface area contributed by atoms with Crippen LogP contribution in [0.5, 0.6) is 0 Å². The summed E-state index contributed by atoms with van der Waals surface area (Å²) in [5.74, 6) is -1.19. The predicted octanol–water partition coefficient (Wildman–Crippen LogP) is -0.0117. The van der Waals surface area contributed by atoms with Gasteiger partial charge in [0.25, 0.3) is 0 Å². The van der Waals surface area contributed by atoms with Crippen LogP contribution < -0.4 is 5.73 Å². The van der Waals surface area contributed by atoms with Crippen molar-refractivity contribution in [2.24, 2.45) is 16.6 Å². The number of carbonyl (C=O) groups is 2. The molecule has 1 aliphatic rings. The number of nitrogens with zero attached hydrogens (tertiary/aromatic N) is 1. The third kappa shape index (κ3) is 2.18. The quantitative estimate of drug-likeness (QED) is 0.648. The second kappa shape index (κ2) is 4.23. The first-order valence-electron chi connectivity index (χ1n) is 3.72. The van der Waals surface area contributed by atoms with E-state index in [1.807, 2.05) is 6.26 Å². The second-order valence-corrected chi connectivity index (χ2v) is 3.47. The van der Waals surface area contributed by atoms with Gasteiger partial charge < -0.3 is 5.73 Å². The maximum absolute atomic E-state index is 11.2. The Hall–Kier alpha value is -1.10. The van der Waals surface area contributed by atoms with Crippen LogP contribution in [0.4, 0.5) is 0 Å². The smallest absolute Gasteiger partial charge is 0.234 e. The first-order valence-corrected chi connectivity index (χ1v) is 5.11. The maximum Gasteiger partial charge on any atom is 0.234 e. The molecule has 13 heavy (non-hydrogen) atoms. The number of primary amides is 1. The van der Waals surface area contributed by atoms with E-state index in [9.17, 15) is 9.59 Å². The molecule has 0 fully saturated rings. The summed E-state index contributed by atoms with van der Waals surface area (Å²) in [4.78, 5) is 26.1. The Kier molecular flexibility index (Phi) is 3.25. The molecule has 0 radical (unpaired) electrons. The number of amides is 1. The molecule has 1 aliphatic heterocycles. The minimum absolute atomic E-state index is 0.272. The number of hydrogen-bond donors (Lipinski definition) is 1. The third-order valence-corrected chi connectivity index (χ3v) is 2.26. The van der Waals surface area contributed by atoms with Gasteiger partial charge in [0.2, 0.25) is 5.91 Å². The van der Waals surface area contributed by atoms with E-state index in [1.54, 1.807) is 0 Å². The molecule has 5 heteroatoms. The highest BCUT2D eigenvalue weighted by Crippen LogP contribution is 2.12. The van der Waals surface area contributed by atoms with Crippen molar-refractivity contribution in [3.63, 3.8) is 0 Å². The van der Waals surface area contributed by atoms with E-state index in [0.717, 1.165) is 0 Å². The molecule has 0 aromatic heterocycles.